The van der Waals surface area contributed by atoms with Crippen LogP contribution in [0.5, 0.6) is 0 Å². The van der Waals surface area contributed by atoms with E-state index in [9.17, 15) is 4.79 Å². The Kier molecular flexibility index (Phi) is 5.97. The normalized spacial score (nSPS) is 11.9. The predicted octanol–water partition coefficient (Wildman–Crippen LogP) is 1.48. The smallest absolute Gasteiger partial charge is 0.315 e. The molecule has 1 aromatic carbocycles. The standard InChI is InChI=1S/C16H22N4O2/c1-2-14(12-21)19-16(22)17-10-8-13-4-6-15(7-5-13)20-11-3-9-18-20/h3-7,9,11,14,21H,2,8,10,12H2,1H3,(H2,17,19,22). The fourth-order valence-corrected chi connectivity index (χ4v) is 2.07. The van der Waals surface area contributed by atoms with Gasteiger partial charge in [0, 0.05) is 18.9 Å². The minimum absolute atomic E-state index is 0.0428. The SMILES string of the molecule is CCC(CO)NC(=O)NCCc1ccc(-n2cccn2)cc1. The van der Waals surface area contributed by atoms with E-state index in [4.69, 9.17) is 5.11 Å². The van der Waals surface area contributed by atoms with E-state index >= 15 is 0 Å². The highest BCUT2D eigenvalue weighted by Gasteiger charge is 2.07. The molecule has 1 atom stereocenters. The molecule has 22 heavy (non-hydrogen) atoms. The fourth-order valence-electron chi connectivity index (χ4n) is 2.07. The first-order valence-corrected chi connectivity index (χ1v) is 7.47. The van der Waals surface area contributed by atoms with Gasteiger partial charge in [-0.1, -0.05) is 19.1 Å². The van der Waals surface area contributed by atoms with Gasteiger partial charge >= 0.3 is 6.03 Å². The summed E-state index contributed by atoms with van der Waals surface area (Å²) >= 11 is 0. The second-order valence-corrected chi connectivity index (χ2v) is 5.06. The Balaban J connectivity index is 1.76. The highest BCUT2D eigenvalue weighted by Crippen LogP contribution is 2.08. The summed E-state index contributed by atoms with van der Waals surface area (Å²) < 4.78 is 1.80. The van der Waals surface area contributed by atoms with E-state index in [1.165, 1.54) is 0 Å². The summed E-state index contributed by atoms with van der Waals surface area (Å²) in [6.07, 6.45) is 5.10. The van der Waals surface area contributed by atoms with Gasteiger partial charge in [0.2, 0.25) is 0 Å². The monoisotopic (exact) mass is 302 g/mol. The molecule has 0 spiro atoms. The van der Waals surface area contributed by atoms with Gasteiger partial charge < -0.3 is 15.7 Å². The number of rotatable bonds is 7. The van der Waals surface area contributed by atoms with Crippen LogP contribution < -0.4 is 10.6 Å². The molecule has 2 rings (SSSR count). The van der Waals surface area contributed by atoms with Crippen LogP contribution in [0.3, 0.4) is 0 Å². The summed E-state index contributed by atoms with van der Waals surface area (Å²) in [5.74, 6) is 0. The second-order valence-electron chi connectivity index (χ2n) is 5.06. The number of nitrogens with zero attached hydrogens (tertiary/aromatic N) is 2. The molecule has 1 unspecified atom stereocenters. The van der Waals surface area contributed by atoms with E-state index in [0.717, 1.165) is 17.7 Å². The van der Waals surface area contributed by atoms with Crippen LogP contribution in [0, 0.1) is 0 Å². The van der Waals surface area contributed by atoms with Gasteiger partial charge in [0.1, 0.15) is 0 Å². The second kappa shape index (κ2) is 8.19. The highest BCUT2D eigenvalue weighted by molar-refractivity contribution is 5.74. The Bertz CT molecular complexity index is 562. The van der Waals surface area contributed by atoms with Crippen molar-refractivity contribution in [2.75, 3.05) is 13.2 Å². The van der Waals surface area contributed by atoms with Crippen LogP contribution in [0.1, 0.15) is 18.9 Å². The zero-order chi connectivity index (χ0) is 15.8. The Morgan fingerprint density at radius 2 is 2.14 bits per heavy atom. The van der Waals surface area contributed by atoms with Crippen molar-refractivity contribution in [3.63, 3.8) is 0 Å². The molecule has 0 saturated carbocycles. The summed E-state index contributed by atoms with van der Waals surface area (Å²) in [6.45, 7) is 2.43. The number of urea groups is 1. The third kappa shape index (κ3) is 4.60. The van der Waals surface area contributed by atoms with Crippen LogP contribution in [0.2, 0.25) is 0 Å². The number of aliphatic hydroxyl groups is 1. The van der Waals surface area contributed by atoms with Gasteiger partial charge in [-0.15, -0.1) is 0 Å². The summed E-state index contributed by atoms with van der Waals surface area (Å²) in [5.41, 5.74) is 2.15. The van der Waals surface area contributed by atoms with Crippen molar-refractivity contribution in [3.8, 4) is 5.69 Å². The van der Waals surface area contributed by atoms with Gasteiger partial charge in [0.15, 0.2) is 0 Å². The summed E-state index contributed by atoms with van der Waals surface area (Å²) in [7, 11) is 0. The molecule has 0 saturated heterocycles. The van der Waals surface area contributed by atoms with Gasteiger partial charge in [0.25, 0.3) is 0 Å². The molecule has 0 fully saturated rings. The third-order valence-electron chi connectivity index (χ3n) is 3.45. The minimum atomic E-state index is -0.242. The van der Waals surface area contributed by atoms with Crippen LogP contribution in [0.15, 0.2) is 42.7 Å². The van der Waals surface area contributed by atoms with Gasteiger partial charge in [-0.2, -0.15) is 5.10 Å². The van der Waals surface area contributed by atoms with E-state index in [0.29, 0.717) is 13.0 Å². The van der Waals surface area contributed by atoms with Crippen LogP contribution in [0.25, 0.3) is 5.69 Å². The van der Waals surface area contributed by atoms with Crippen LogP contribution >= 0.6 is 0 Å². The van der Waals surface area contributed by atoms with E-state index < -0.39 is 0 Å². The Hall–Kier alpha value is -2.34. The lowest BCUT2D eigenvalue weighted by molar-refractivity contribution is 0.214. The fraction of sp³-hybridized carbons (Fsp3) is 0.375. The molecule has 1 heterocycles. The van der Waals surface area contributed by atoms with Crippen molar-refractivity contribution in [3.05, 3.63) is 48.3 Å². The topological polar surface area (TPSA) is 79.2 Å². The average Bonchev–Trinajstić information content (AvgIpc) is 3.07. The van der Waals surface area contributed by atoms with Crippen LogP contribution in [-0.2, 0) is 6.42 Å². The molecular weight excluding hydrogens is 280 g/mol. The van der Waals surface area contributed by atoms with Gasteiger partial charge in [0.05, 0.1) is 18.3 Å². The number of aromatic nitrogens is 2. The van der Waals surface area contributed by atoms with E-state index in [1.54, 1.807) is 10.9 Å². The van der Waals surface area contributed by atoms with Crippen molar-refractivity contribution < 1.29 is 9.90 Å². The molecule has 0 aliphatic heterocycles. The Morgan fingerprint density at radius 3 is 2.73 bits per heavy atom. The molecule has 0 aliphatic carbocycles. The van der Waals surface area contributed by atoms with Crippen LogP contribution in [-0.4, -0.2) is 40.1 Å². The molecule has 6 nitrogen and oxygen atoms in total. The first kappa shape index (κ1) is 16.0. The van der Waals surface area contributed by atoms with E-state index in [1.807, 2.05) is 43.5 Å². The van der Waals surface area contributed by atoms with Crippen molar-refractivity contribution in [2.45, 2.75) is 25.8 Å². The number of hydrogen-bond donors (Lipinski definition) is 3. The summed E-state index contributed by atoms with van der Waals surface area (Å²) in [5, 5.41) is 18.7. The van der Waals surface area contributed by atoms with Crippen LogP contribution in [0.4, 0.5) is 4.79 Å². The first-order valence-electron chi connectivity index (χ1n) is 7.47. The van der Waals surface area contributed by atoms with Crippen molar-refractivity contribution in [1.82, 2.24) is 20.4 Å². The first-order chi connectivity index (χ1) is 10.7. The van der Waals surface area contributed by atoms with Gasteiger partial charge in [-0.3, -0.25) is 0 Å². The third-order valence-corrected chi connectivity index (χ3v) is 3.45. The van der Waals surface area contributed by atoms with E-state index in [-0.39, 0.29) is 18.7 Å². The lowest BCUT2D eigenvalue weighted by Crippen LogP contribution is -2.44. The predicted molar refractivity (Wildman–Crippen MR) is 85.0 cm³/mol. The Labute approximate surface area is 130 Å². The minimum Gasteiger partial charge on any atom is -0.394 e. The lowest BCUT2D eigenvalue weighted by Gasteiger charge is -2.14. The number of benzene rings is 1. The van der Waals surface area contributed by atoms with Crippen molar-refractivity contribution in [2.24, 2.45) is 0 Å². The maximum Gasteiger partial charge on any atom is 0.315 e. The molecule has 0 radical (unpaired) electrons. The molecule has 3 N–H and O–H groups in total. The summed E-state index contributed by atoms with van der Waals surface area (Å²) in [6, 6.07) is 9.51. The maximum atomic E-state index is 11.6. The Morgan fingerprint density at radius 1 is 1.36 bits per heavy atom. The average molecular weight is 302 g/mol. The number of carbonyl (C=O) groups is 1. The number of aliphatic hydroxyl groups excluding tert-OH is 1. The molecule has 2 aromatic rings. The molecule has 1 aromatic heterocycles. The largest absolute Gasteiger partial charge is 0.394 e. The highest BCUT2D eigenvalue weighted by atomic mass is 16.3. The maximum absolute atomic E-state index is 11.6. The van der Waals surface area contributed by atoms with E-state index in [2.05, 4.69) is 15.7 Å². The lowest BCUT2D eigenvalue weighted by atomic mass is 10.1. The molecule has 2 amide bonds. The summed E-state index contributed by atoms with van der Waals surface area (Å²) in [4.78, 5) is 11.6. The number of amides is 2. The van der Waals surface area contributed by atoms with Crippen molar-refractivity contribution in [1.29, 1.82) is 0 Å². The quantitative estimate of drug-likeness (QED) is 0.725. The molecular formula is C16H22N4O2. The number of nitrogens with one attached hydrogen (secondary N) is 2. The van der Waals surface area contributed by atoms with Gasteiger partial charge in [-0.05, 0) is 36.6 Å². The molecule has 0 bridgehead atoms. The molecule has 118 valence electrons. The zero-order valence-electron chi connectivity index (χ0n) is 12.7. The zero-order valence-corrected chi connectivity index (χ0v) is 12.7. The van der Waals surface area contributed by atoms with Crippen molar-refractivity contribution >= 4 is 6.03 Å². The molecule has 0 aliphatic rings. The number of hydrogen-bond acceptors (Lipinski definition) is 3. The number of carbonyl (C=O) groups excluding carboxylic acids is 1. The molecule has 6 heteroatoms. The van der Waals surface area contributed by atoms with Gasteiger partial charge in [-0.25, -0.2) is 9.48 Å².